The van der Waals surface area contributed by atoms with Crippen LogP contribution in [-0.2, 0) is 0 Å². The number of benzene rings is 3. The minimum atomic E-state index is -0.463. The Morgan fingerprint density at radius 1 is 0.500 bits per heavy atom. The maximum absolute atomic E-state index is 3.70. The first-order valence-electron chi connectivity index (χ1n) is 7.48. The molecule has 0 fully saturated rings. The topological polar surface area (TPSA) is 0 Å². The fourth-order valence-electron chi connectivity index (χ4n) is 2.58. The molecule has 0 aliphatic heterocycles. The molecule has 0 N–H and O–H groups in total. The highest BCUT2D eigenvalue weighted by Gasteiger charge is 2.07. The van der Waals surface area contributed by atoms with Crippen molar-refractivity contribution in [1.82, 2.24) is 0 Å². The number of hydrogen-bond donors (Lipinski definition) is 0. The standard InChI is InChI=1S/C18H14Br4Si2/c19-13-3-1-5-15(17(13)21)23-11-7-9-12(10-8-11)24-16-6-2-4-14(20)18(16)22/h1-10H,23-24H2. The summed E-state index contributed by atoms with van der Waals surface area (Å²) in [6, 6.07) is 22.1. The van der Waals surface area contributed by atoms with E-state index in [-0.39, 0.29) is 0 Å². The smallest absolute Gasteiger partial charge is 0.0634 e. The fraction of sp³-hybridized carbons (Fsp3) is 0. The van der Waals surface area contributed by atoms with Gasteiger partial charge in [0.05, 0.1) is 19.0 Å². The van der Waals surface area contributed by atoms with Crippen LogP contribution >= 0.6 is 63.7 Å². The zero-order valence-electron chi connectivity index (χ0n) is 12.7. The van der Waals surface area contributed by atoms with Gasteiger partial charge in [0.2, 0.25) is 0 Å². The van der Waals surface area contributed by atoms with E-state index >= 15 is 0 Å². The molecule has 0 spiro atoms. The van der Waals surface area contributed by atoms with Crippen LogP contribution in [0, 0.1) is 0 Å². The minimum absolute atomic E-state index is 0.463. The Bertz CT molecular complexity index is 791. The van der Waals surface area contributed by atoms with Crippen LogP contribution in [0.3, 0.4) is 0 Å². The number of rotatable bonds is 4. The molecule has 0 radical (unpaired) electrons. The van der Waals surface area contributed by atoms with Gasteiger partial charge in [-0.15, -0.1) is 0 Å². The lowest BCUT2D eigenvalue weighted by Crippen LogP contribution is -2.32. The largest absolute Gasteiger partial charge is 0.0890 e. The van der Waals surface area contributed by atoms with Crippen LogP contribution in [0.4, 0.5) is 0 Å². The molecule has 0 nitrogen and oxygen atoms in total. The molecule has 0 aliphatic carbocycles. The van der Waals surface area contributed by atoms with E-state index in [1.807, 2.05) is 0 Å². The molecule has 24 heavy (non-hydrogen) atoms. The summed E-state index contributed by atoms with van der Waals surface area (Å²) < 4.78 is 4.67. The van der Waals surface area contributed by atoms with Crippen LogP contribution in [0.1, 0.15) is 0 Å². The average molecular weight is 606 g/mol. The van der Waals surface area contributed by atoms with Crippen LogP contribution in [0.25, 0.3) is 0 Å². The summed E-state index contributed by atoms with van der Waals surface area (Å²) in [5, 5.41) is 5.81. The molecule has 0 saturated carbocycles. The molecular weight excluding hydrogens is 592 g/mol. The van der Waals surface area contributed by atoms with E-state index in [4.69, 9.17) is 0 Å². The molecule has 3 rings (SSSR count). The summed E-state index contributed by atoms with van der Waals surface area (Å²) in [7, 11) is -0.927. The second kappa shape index (κ2) is 8.60. The predicted octanol–water partition coefficient (Wildman–Crippen LogP) is 2.98. The second-order valence-electron chi connectivity index (χ2n) is 5.60. The van der Waals surface area contributed by atoms with Gasteiger partial charge in [0.25, 0.3) is 0 Å². The zero-order valence-corrected chi connectivity index (χ0v) is 21.9. The van der Waals surface area contributed by atoms with Crippen molar-refractivity contribution in [3.8, 4) is 0 Å². The molecule has 0 bridgehead atoms. The molecule has 3 aromatic rings. The van der Waals surface area contributed by atoms with E-state index in [9.17, 15) is 0 Å². The van der Waals surface area contributed by atoms with Crippen LogP contribution in [0.2, 0.25) is 0 Å². The highest BCUT2D eigenvalue weighted by Crippen LogP contribution is 2.20. The Kier molecular flexibility index (Phi) is 6.73. The maximum Gasteiger partial charge on any atom is 0.0890 e. The van der Waals surface area contributed by atoms with Gasteiger partial charge in [-0.2, -0.15) is 0 Å². The van der Waals surface area contributed by atoms with Crippen LogP contribution in [0.5, 0.6) is 0 Å². The second-order valence-corrected chi connectivity index (χ2v) is 12.8. The summed E-state index contributed by atoms with van der Waals surface area (Å²) in [5.41, 5.74) is 0. The van der Waals surface area contributed by atoms with Crippen molar-refractivity contribution in [2.45, 2.75) is 0 Å². The van der Waals surface area contributed by atoms with Gasteiger partial charge >= 0.3 is 0 Å². The van der Waals surface area contributed by atoms with Gasteiger partial charge in [0, 0.05) is 17.9 Å². The van der Waals surface area contributed by atoms with Gasteiger partial charge in [-0.3, -0.25) is 0 Å². The Morgan fingerprint density at radius 2 is 0.875 bits per heavy atom. The van der Waals surface area contributed by atoms with Gasteiger partial charge in [-0.05, 0) is 86.2 Å². The fourth-order valence-corrected chi connectivity index (χ4v) is 8.31. The summed E-state index contributed by atoms with van der Waals surface area (Å²) in [6.07, 6.45) is 0. The van der Waals surface area contributed by atoms with Gasteiger partial charge in [0.15, 0.2) is 0 Å². The van der Waals surface area contributed by atoms with Crippen molar-refractivity contribution < 1.29 is 0 Å². The van der Waals surface area contributed by atoms with E-state index in [1.54, 1.807) is 0 Å². The van der Waals surface area contributed by atoms with Crippen LogP contribution < -0.4 is 20.7 Å². The molecule has 0 amide bonds. The lowest BCUT2D eigenvalue weighted by molar-refractivity contribution is 1.64. The van der Waals surface area contributed by atoms with Crippen LogP contribution in [-0.4, -0.2) is 19.0 Å². The van der Waals surface area contributed by atoms with Crippen molar-refractivity contribution in [1.29, 1.82) is 0 Å². The summed E-state index contributed by atoms with van der Waals surface area (Å²) in [4.78, 5) is 0. The molecule has 0 atom stereocenters. The number of halogens is 4. The normalized spacial score (nSPS) is 11.8. The molecular formula is C18H14Br4Si2. The van der Waals surface area contributed by atoms with Gasteiger partial charge in [-0.1, -0.05) is 58.9 Å². The van der Waals surface area contributed by atoms with E-state index in [1.165, 1.54) is 29.7 Å². The summed E-state index contributed by atoms with van der Waals surface area (Å²) >= 11 is 14.6. The van der Waals surface area contributed by atoms with Gasteiger partial charge in [-0.25, -0.2) is 0 Å². The van der Waals surface area contributed by atoms with E-state index in [0.29, 0.717) is 0 Å². The van der Waals surface area contributed by atoms with E-state index in [0.717, 1.165) is 8.95 Å². The monoisotopic (exact) mass is 602 g/mol. The van der Waals surface area contributed by atoms with Crippen molar-refractivity contribution in [3.05, 3.63) is 78.6 Å². The highest BCUT2D eigenvalue weighted by atomic mass is 79.9. The molecule has 122 valence electrons. The Labute approximate surface area is 180 Å². The third-order valence-corrected chi connectivity index (χ3v) is 12.9. The SMILES string of the molecule is Brc1cccc([SiH2]c2ccc([SiH2]c3cccc(Br)c3Br)cc2)c1Br. The molecule has 3 aromatic carbocycles. The molecule has 0 aliphatic rings. The van der Waals surface area contributed by atoms with E-state index in [2.05, 4.69) is 124 Å². The molecule has 0 saturated heterocycles. The summed E-state index contributed by atoms with van der Waals surface area (Å²) in [6.45, 7) is 0. The maximum atomic E-state index is 3.70. The Morgan fingerprint density at radius 3 is 1.25 bits per heavy atom. The minimum Gasteiger partial charge on any atom is -0.0634 e. The van der Waals surface area contributed by atoms with Crippen LogP contribution in [0.15, 0.2) is 78.6 Å². The quantitative estimate of drug-likeness (QED) is 0.402. The van der Waals surface area contributed by atoms with Crippen molar-refractivity contribution in [2.75, 3.05) is 0 Å². The number of hydrogen-bond acceptors (Lipinski definition) is 0. The summed E-state index contributed by atoms with van der Waals surface area (Å²) in [5.74, 6) is 0. The Hall–Kier alpha value is 0.0138. The lowest BCUT2D eigenvalue weighted by Gasteiger charge is -2.08. The zero-order chi connectivity index (χ0) is 17.1. The first kappa shape index (κ1) is 18.8. The molecule has 0 unspecified atom stereocenters. The lowest BCUT2D eigenvalue weighted by atomic mass is 10.3. The van der Waals surface area contributed by atoms with Crippen molar-refractivity contribution >= 4 is 104 Å². The van der Waals surface area contributed by atoms with E-state index < -0.39 is 19.0 Å². The first-order valence-corrected chi connectivity index (χ1v) is 13.5. The molecule has 0 aromatic heterocycles. The van der Waals surface area contributed by atoms with Gasteiger partial charge in [0.1, 0.15) is 0 Å². The van der Waals surface area contributed by atoms with Crippen molar-refractivity contribution in [2.24, 2.45) is 0 Å². The molecule has 6 heteroatoms. The van der Waals surface area contributed by atoms with Gasteiger partial charge < -0.3 is 0 Å². The first-order chi connectivity index (χ1) is 11.5. The third-order valence-electron chi connectivity index (χ3n) is 3.88. The average Bonchev–Trinajstić information content (AvgIpc) is 2.58. The molecule has 0 heterocycles. The van der Waals surface area contributed by atoms with Crippen molar-refractivity contribution in [3.63, 3.8) is 0 Å². The highest BCUT2D eigenvalue weighted by molar-refractivity contribution is 9.13. The predicted molar refractivity (Wildman–Crippen MR) is 126 cm³/mol. The Balaban J connectivity index is 1.76. The third kappa shape index (κ3) is 4.59.